The predicted molar refractivity (Wildman–Crippen MR) is 66.0 cm³/mol. The van der Waals surface area contributed by atoms with Crippen molar-refractivity contribution in [2.24, 2.45) is 11.7 Å². The molecule has 0 radical (unpaired) electrons. The summed E-state index contributed by atoms with van der Waals surface area (Å²) in [6.45, 7) is 5.06. The predicted octanol–water partition coefficient (Wildman–Crippen LogP) is 0.759. The minimum Gasteiger partial charge on any atom is -0.457 e. The summed E-state index contributed by atoms with van der Waals surface area (Å²) < 4.78 is 32.5. The van der Waals surface area contributed by atoms with Crippen LogP contribution in [-0.4, -0.2) is 32.0 Å². The lowest BCUT2D eigenvalue weighted by atomic mass is 9.77. The van der Waals surface area contributed by atoms with Crippen LogP contribution in [0.5, 0.6) is 0 Å². The Morgan fingerprint density at radius 2 is 1.78 bits per heavy atom. The van der Waals surface area contributed by atoms with Crippen molar-refractivity contribution in [3.8, 4) is 0 Å². The summed E-state index contributed by atoms with van der Waals surface area (Å²) in [5.41, 5.74) is 3.22. The summed E-state index contributed by atoms with van der Waals surface area (Å²) >= 11 is 0. The maximum absolute atomic E-state index is 12.1. The third-order valence-corrected chi connectivity index (χ3v) is 3.30. The van der Waals surface area contributed by atoms with Crippen molar-refractivity contribution in [3.05, 3.63) is 0 Å². The van der Waals surface area contributed by atoms with Crippen LogP contribution in [0.1, 0.15) is 40.0 Å². The van der Waals surface area contributed by atoms with Gasteiger partial charge in [0.2, 0.25) is 5.72 Å². The molecule has 0 saturated heterocycles. The third-order valence-electron chi connectivity index (χ3n) is 2.72. The van der Waals surface area contributed by atoms with Gasteiger partial charge in [-0.3, -0.25) is 5.73 Å². The van der Waals surface area contributed by atoms with Crippen molar-refractivity contribution in [2.45, 2.75) is 51.4 Å². The molecule has 2 N–H and O–H groups in total. The first kappa shape index (κ1) is 15.4. The molecule has 0 heterocycles. The van der Waals surface area contributed by atoms with Gasteiger partial charge in [-0.2, -0.15) is 8.42 Å². The molecule has 0 aromatic carbocycles. The van der Waals surface area contributed by atoms with Crippen LogP contribution in [0.25, 0.3) is 0 Å². The van der Waals surface area contributed by atoms with E-state index < -0.39 is 27.4 Å². The smallest absolute Gasteiger partial charge is 0.355 e. The molecule has 1 aliphatic rings. The minimum atomic E-state index is -3.83. The molecule has 18 heavy (non-hydrogen) atoms. The average molecular weight is 279 g/mol. The fraction of sp³-hybridized carbons (Fsp3) is 0.909. The molecule has 6 nitrogen and oxygen atoms in total. The second kappa shape index (κ2) is 4.79. The molecule has 0 aromatic rings. The van der Waals surface area contributed by atoms with E-state index in [1.807, 2.05) is 0 Å². The van der Waals surface area contributed by atoms with Gasteiger partial charge in [0.1, 0.15) is 5.60 Å². The Bertz CT molecular complexity index is 421. The minimum absolute atomic E-state index is 0.318. The Morgan fingerprint density at radius 1 is 1.28 bits per heavy atom. The number of rotatable bonds is 4. The van der Waals surface area contributed by atoms with Crippen LogP contribution in [0.2, 0.25) is 0 Å². The molecule has 0 amide bonds. The van der Waals surface area contributed by atoms with Crippen molar-refractivity contribution >= 4 is 16.1 Å². The van der Waals surface area contributed by atoms with Crippen molar-refractivity contribution < 1.29 is 22.1 Å². The highest BCUT2D eigenvalue weighted by molar-refractivity contribution is 7.86. The standard InChI is InChI=1S/C11H21NO5S/c1-10(2,3)16-9(13)11(12,8-6-5-7-8)17-18(4,14)15/h8H,5-7,12H2,1-4H3. The van der Waals surface area contributed by atoms with E-state index >= 15 is 0 Å². The maximum Gasteiger partial charge on any atom is 0.355 e. The van der Waals surface area contributed by atoms with Gasteiger partial charge in [-0.15, -0.1) is 0 Å². The van der Waals surface area contributed by atoms with Crippen molar-refractivity contribution in [2.75, 3.05) is 6.26 Å². The lowest BCUT2D eigenvalue weighted by Crippen LogP contribution is -2.60. The van der Waals surface area contributed by atoms with Gasteiger partial charge < -0.3 is 4.74 Å². The zero-order valence-corrected chi connectivity index (χ0v) is 12.0. The van der Waals surface area contributed by atoms with Gasteiger partial charge >= 0.3 is 5.97 Å². The Hall–Kier alpha value is -0.660. The molecule has 1 aliphatic carbocycles. The molecule has 1 saturated carbocycles. The van der Waals surface area contributed by atoms with E-state index in [0.29, 0.717) is 12.8 Å². The highest BCUT2D eigenvalue weighted by atomic mass is 32.2. The van der Waals surface area contributed by atoms with E-state index in [0.717, 1.165) is 12.7 Å². The largest absolute Gasteiger partial charge is 0.457 e. The number of hydrogen-bond acceptors (Lipinski definition) is 6. The molecule has 0 bridgehead atoms. The van der Waals surface area contributed by atoms with Crippen LogP contribution >= 0.6 is 0 Å². The Labute approximate surface area is 108 Å². The molecule has 0 aliphatic heterocycles. The van der Waals surface area contributed by atoms with Gasteiger partial charge in [0.05, 0.1) is 6.26 Å². The van der Waals surface area contributed by atoms with Gasteiger partial charge in [-0.05, 0) is 33.6 Å². The number of ether oxygens (including phenoxy) is 1. The zero-order valence-electron chi connectivity index (χ0n) is 11.2. The van der Waals surface area contributed by atoms with E-state index in [4.69, 9.17) is 14.7 Å². The fourth-order valence-electron chi connectivity index (χ4n) is 1.71. The van der Waals surface area contributed by atoms with Crippen LogP contribution < -0.4 is 5.73 Å². The van der Waals surface area contributed by atoms with Crippen LogP contribution in [-0.2, 0) is 23.8 Å². The summed E-state index contributed by atoms with van der Waals surface area (Å²) in [7, 11) is -3.83. The van der Waals surface area contributed by atoms with Crippen LogP contribution in [0.15, 0.2) is 0 Å². The van der Waals surface area contributed by atoms with Gasteiger partial charge in [-0.1, -0.05) is 6.42 Å². The second-order valence-electron chi connectivity index (χ2n) is 5.71. The van der Waals surface area contributed by atoms with Gasteiger partial charge in [0.15, 0.2) is 0 Å². The first-order valence-electron chi connectivity index (χ1n) is 5.87. The molecule has 1 atom stereocenters. The molecule has 1 unspecified atom stereocenters. The molecule has 106 valence electrons. The molecule has 0 spiro atoms. The average Bonchev–Trinajstić information content (AvgIpc) is 1.91. The number of hydrogen-bond donors (Lipinski definition) is 1. The molecule has 1 rings (SSSR count). The first-order valence-corrected chi connectivity index (χ1v) is 7.69. The van der Waals surface area contributed by atoms with E-state index in [9.17, 15) is 13.2 Å². The van der Waals surface area contributed by atoms with E-state index in [2.05, 4.69) is 0 Å². The lowest BCUT2D eigenvalue weighted by molar-refractivity contribution is -0.181. The molecule has 0 aromatic heterocycles. The third kappa shape index (κ3) is 3.93. The summed E-state index contributed by atoms with van der Waals surface area (Å²) in [6.07, 6.45) is 3.09. The van der Waals surface area contributed by atoms with Crippen molar-refractivity contribution in [1.82, 2.24) is 0 Å². The van der Waals surface area contributed by atoms with Gasteiger partial charge in [0.25, 0.3) is 10.1 Å². The van der Waals surface area contributed by atoms with E-state index in [1.54, 1.807) is 20.8 Å². The monoisotopic (exact) mass is 279 g/mol. The molecule has 1 fully saturated rings. The summed E-state index contributed by atoms with van der Waals surface area (Å²) in [4.78, 5) is 12.1. The maximum atomic E-state index is 12.1. The summed E-state index contributed by atoms with van der Waals surface area (Å²) in [6, 6.07) is 0. The Balaban J connectivity index is 2.93. The zero-order chi connectivity index (χ0) is 14.2. The quantitative estimate of drug-likeness (QED) is 0.463. The van der Waals surface area contributed by atoms with Gasteiger partial charge in [-0.25, -0.2) is 8.98 Å². The highest BCUT2D eigenvalue weighted by Crippen LogP contribution is 2.37. The van der Waals surface area contributed by atoms with Crippen molar-refractivity contribution in [3.63, 3.8) is 0 Å². The Kier molecular flexibility index (Phi) is 4.10. The first-order chi connectivity index (χ1) is 7.94. The fourth-order valence-corrected chi connectivity index (χ4v) is 2.42. The number of carbonyl (C=O) groups is 1. The summed E-state index contributed by atoms with van der Waals surface area (Å²) in [5, 5.41) is 0. The van der Waals surface area contributed by atoms with Crippen LogP contribution in [0.4, 0.5) is 0 Å². The summed E-state index contributed by atoms with van der Waals surface area (Å²) in [5.74, 6) is -1.15. The normalized spacial score (nSPS) is 20.9. The van der Waals surface area contributed by atoms with Crippen LogP contribution in [0.3, 0.4) is 0 Å². The Morgan fingerprint density at radius 3 is 2.06 bits per heavy atom. The number of carbonyl (C=O) groups excluding carboxylic acids is 1. The second-order valence-corrected chi connectivity index (χ2v) is 7.29. The number of esters is 1. The lowest BCUT2D eigenvalue weighted by Gasteiger charge is -2.40. The SMILES string of the molecule is CC(C)(C)OC(=O)C(N)(OS(C)(=O)=O)C1CCC1. The van der Waals surface area contributed by atoms with Gasteiger partial charge in [0, 0.05) is 5.92 Å². The highest BCUT2D eigenvalue weighted by Gasteiger charge is 2.51. The topological polar surface area (TPSA) is 95.7 Å². The molecule has 7 heteroatoms. The van der Waals surface area contributed by atoms with E-state index in [1.165, 1.54) is 0 Å². The molecular weight excluding hydrogens is 258 g/mol. The van der Waals surface area contributed by atoms with Crippen LogP contribution in [0, 0.1) is 5.92 Å². The molecular formula is C11H21NO5S. The number of nitrogens with two attached hydrogens (primary N) is 1. The van der Waals surface area contributed by atoms with Crippen molar-refractivity contribution in [1.29, 1.82) is 0 Å². The van der Waals surface area contributed by atoms with E-state index in [-0.39, 0.29) is 5.92 Å².